The molecule has 0 aromatic heterocycles. The molecule has 3 heteroatoms. The van der Waals surface area contributed by atoms with Gasteiger partial charge in [0.15, 0.2) is 0 Å². The van der Waals surface area contributed by atoms with Gasteiger partial charge in [0.25, 0.3) is 0 Å². The molecule has 42 heavy (non-hydrogen) atoms. The molecular weight excluding hydrogens is 511 g/mol. The predicted octanol–water partition coefficient (Wildman–Crippen LogP) is 11.8. The Morgan fingerprint density at radius 3 is 1.43 bits per heavy atom. The lowest BCUT2D eigenvalue weighted by atomic mass is 9.76. The Bertz CT molecular complexity index is 683. The van der Waals surface area contributed by atoms with E-state index in [-0.39, 0.29) is 12.1 Å². The highest BCUT2D eigenvalue weighted by atomic mass is 16.5. The summed E-state index contributed by atoms with van der Waals surface area (Å²) in [5.74, 6) is 0.748. The Kier molecular flexibility index (Phi) is 26.0. The first-order chi connectivity index (χ1) is 20.7. The van der Waals surface area contributed by atoms with Crippen molar-refractivity contribution >= 4 is 7.85 Å². The third kappa shape index (κ3) is 19.5. The molecule has 240 valence electrons. The smallest absolute Gasteiger partial charge is 0.109 e. The van der Waals surface area contributed by atoms with Crippen molar-refractivity contribution in [2.24, 2.45) is 11.8 Å². The molecule has 4 atom stereocenters. The molecule has 0 N–H and O–H groups in total. The molecule has 0 bridgehead atoms. The van der Waals surface area contributed by atoms with Crippen LogP contribution in [0.1, 0.15) is 176 Å². The molecule has 0 aromatic carbocycles. The summed E-state index contributed by atoms with van der Waals surface area (Å²) < 4.78 is 11.3. The third-order valence-corrected chi connectivity index (χ3v) is 8.71. The van der Waals surface area contributed by atoms with Crippen LogP contribution in [-0.4, -0.2) is 33.2 Å². The largest absolute Gasteiger partial charge is 0.383 e. The molecule has 0 saturated carbocycles. The summed E-state index contributed by atoms with van der Waals surface area (Å²) in [5, 5.41) is 0. The van der Waals surface area contributed by atoms with Crippen molar-refractivity contribution < 1.29 is 9.47 Å². The van der Waals surface area contributed by atoms with Crippen molar-refractivity contribution in [2.45, 2.75) is 188 Å². The van der Waals surface area contributed by atoms with Crippen molar-refractivity contribution in [1.82, 2.24) is 0 Å². The molecule has 4 unspecified atom stereocenters. The van der Waals surface area contributed by atoms with Gasteiger partial charge in [-0.1, -0.05) is 168 Å². The molecule has 1 fully saturated rings. The van der Waals surface area contributed by atoms with Crippen molar-refractivity contribution in [1.29, 1.82) is 0 Å². The molecule has 3 aliphatic rings. The van der Waals surface area contributed by atoms with Gasteiger partial charge in [-0.2, -0.15) is 0 Å². The first kappa shape index (κ1) is 39.3. The van der Waals surface area contributed by atoms with E-state index in [0.717, 1.165) is 26.1 Å². The summed E-state index contributed by atoms with van der Waals surface area (Å²) in [6, 6.07) is -0.147. The Labute approximate surface area is 265 Å². The van der Waals surface area contributed by atoms with E-state index in [0.29, 0.717) is 11.8 Å². The van der Waals surface area contributed by atoms with Crippen LogP contribution in [0.2, 0.25) is 0 Å². The number of hydrogen-bond donors (Lipinski definition) is 0. The zero-order valence-electron chi connectivity index (χ0n) is 28.8. The van der Waals surface area contributed by atoms with Crippen molar-refractivity contribution in [3.8, 4) is 0 Å². The van der Waals surface area contributed by atoms with E-state index in [1.165, 1.54) is 140 Å². The molecule has 2 nitrogen and oxygen atoms in total. The highest BCUT2D eigenvalue weighted by molar-refractivity contribution is 6.11. The van der Waals surface area contributed by atoms with Gasteiger partial charge >= 0.3 is 0 Å². The second kappa shape index (κ2) is 27.8. The van der Waals surface area contributed by atoms with E-state index in [9.17, 15) is 0 Å². The first-order valence-electron chi connectivity index (χ1n) is 18.6. The average molecular weight is 581 g/mol. The average Bonchev–Trinajstić information content (AvgIpc) is 3.95. The minimum absolute atomic E-state index is 0.147. The molecule has 4 radical (unpaired) electrons. The van der Waals surface area contributed by atoms with E-state index in [1.807, 2.05) is 13.8 Å². The van der Waals surface area contributed by atoms with Crippen LogP contribution in [0.4, 0.5) is 0 Å². The standard InChI is InChI=1S/C25H52O.C12H11BO.C2H6/c1-3-5-6-7-8-9-10-11-12-13-14-15-16-17-18-19-20-21-22-23-25-26-24-4-2;1-2-9-10(7-3-4-7)11(8-5-6-8)12(13)14-9;1-2/h3-25H2,1-2H3;5-6,9-12H,2H2,1H3;1-2H3. The minimum atomic E-state index is -0.147. The number of allylic oxidation sites excluding steroid dienone is 1. The quantitative estimate of drug-likeness (QED) is 0.0575. The Morgan fingerprint density at radius 2 is 1.07 bits per heavy atom. The van der Waals surface area contributed by atoms with Crippen molar-refractivity contribution in [2.75, 3.05) is 13.2 Å². The van der Waals surface area contributed by atoms with Crippen LogP contribution in [0, 0.1) is 24.3 Å². The van der Waals surface area contributed by atoms with E-state index >= 15 is 0 Å². The summed E-state index contributed by atoms with van der Waals surface area (Å²) in [7, 11) is 5.99. The lowest BCUT2D eigenvalue weighted by molar-refractivity contribution is 0.0730. The van der Waals surface area contributed by atoms with Crippen LogP contribution in [0.15, 0.2) is 23.0 Å². The van der Waals surface area contributed by atoms with E-state index < -0.39 is 0 Å². The van der Waals surface area contributed by atoms with Gasteiger partial charge in [0.05, 0.1) is 6.10 Å². The maximum Gasteiger partial charge on any atom is 0.109 e. The molecule has 0 amide bonds. The lowest BCUT2D eigenvalue weighted by Crippen LogP contribution is -2.21. The SMILES string of the molecule is CC.CCCCCCCCCCCCCCCCCCCCCCOCCC.[B]C1OC(CC)C(C2=C=[C]2)C1C1=C[CH]1. The van der Waals surface area contributed by atoms with E-state index in [2.05, 4.69) is 45.1 Å². The van der Waals surface area contributed by atoms with E-state index in [1.54, 1.807) is 0 Å². The zero-order valence-corrected chi connectivity index (χ0v) is 28.8. The van der Waals surface area contributed by atoms with Crippen molar-refractivity contribution in [3.63, 3.8) is 0 Å². The van der Waals surface area contributed by atoms with Gasteiger partial charge in [-0.15, -0.1) is 5.73 Å². The van der Waals surface area contributed by atoms with Gasteiger partial charge in [0.1, 0.15) is 7.85 Å². The van der Waals surface area contributed by atoms with Crippen LogP contribution in [-0.2, 0) is 9.47 Å². The first-order valence-corrected chi connectivity index (χ1v) is 18.6. The zero-order chi connectivity index (χ0) is 30.7. The maximum atomic E-state index is 5.99. The van der Waals surface area contributed by atoms with Crippen molar-refractivity contribution in [3.05, 3.63) is 35.5 Å². The fraction of sp³-hybridized carbons (Fsp3) is 0.846. The fourth-order valence-electron chi connectivity index (χ4n) is 6.10. The van der Waals surface area contributed by atoms with Gasteiger partial charge in [0.2, 0.25) is 0 Å². The van der Waals surface area contributed by atoms with Crippen LogP contribution >= 0.6 is 0 Å². The van der Waals surface area contributed by atoms with Gasteiger partial charge in [-0.3, -0.25) is 0 Å². The number of hydrogen-bond acceptors (Lipinski definition) is 2. The highest BCUT2D eigenvalue weighted by Gasteiger charge is 2.46. The molecule has 3 rings (SSSR count). The molecule has 1 saturated heterocycles. The maximum absolute atomic E-state index is 5.99. The van der Waals surface area contributed by atoms with Crippen LogP contribution in [0.3, 0.4) is 0 Å². The van der Waals surface area contributed by atoms with Gasteiger partial charge < -0.3 is 9.47 Å². The summed E-state index contributed by atoms with van der Waals surface area (Å²) in [5.41, 5.74) is 5.60. The van der Waals surface area contributed by atoms with Crippen LogP contribution < -0.4 is 0 Å². The van der Waals surface area contributed by atoms with Gasteiger partial charge in [-0.25, -0.2) is 0 Å². The molecule has 0 aromatic rings. The monoisotopic (exact) mass is 581 g/mol. The number of ether oxygens (including phenoxy) is 2. The predicted molar refractivity (Wildman–Crippen MR) is 185 cm³/mol. The Balaban J connectivity index is 0.000000453. The lowest BCUT2D eigenvalue weighted by Gasteiger charge is -2.18. The normalized spacial score (nSPS) is 21.6. The Morgan fingerprint density at radius 1 is 0.643 bits per heavy atom. The second-order valence-electron chi connectivity index (χ2n) is 12.4. The van der Waals surface area contributed by atoms with Crippen LogP contribution in [0.5, 0.6) is 0 Å². The summed E-state index contributed by atoms with van der Waals surface area (Å²) in [6.45, 7) is 12.5. The highest BCUT2D eigenvalue weighted by Crippen LogP contribution is 2.47. The van der Waals surface area contributed by atoms with Crippen LogP contribution in [0.25, 0.3) is 0 Å². The van der Waals surface area contributed by atoms with Gasteiger partial charge in [-0.05, 0) is 19.3 Å². The molecule has 1 heterocycles. The number of unbranched alkanes of at least 4 members (excludes halogenated alkanes) is 19. The Hall–Kier alpha value is -0.755. The second-order valence-corrected chi connectivity index (χ2v) is 12.4. The summed E-state index contributed by atoms with van der Waals surface area (Å²) >= 11 is 0. The summed E-state index contributed by atoms with van der Waals surface area (Å²) in [4.78, 5) is 0. The third-order valence-electron chi connectivity index (χ3n) is 8.71. The van der Waals surface area contributed by atoms with E-state index in [4.69, 9.17) is 17.3 Å². The minimum Gasteiger partial charge on any atom is -0.383 e. The fourth-order valence-corrected chi connectivity index (χ4v) is 6.10. The topological polar surface area (TPSA) is 18.5 Å². The number of rotatable bonds is 26. The summed E-state index contributed by atoms with van der Waals surface area (Å²) in [6.07, 6.45) is 38.7. The van der Waals surface area contributed by atoms with Gasteiger partial charge in [0, 0.05) is 49.1 Å². The molecular formula is C39H69BO2. The molecule has 1 aliphatic heterocycles. The molecule has 0 spiro atoms. The molecule has 2 aliphatic carbocycles.